The number of nitrogens with one attached hydrogen (secondary N) is 1. The number of ether oxygens (including phenoxy) is 2. The second-order valence-corrected chi connectivity index (χ2v) is 5.43. The van der Waals surface area contributed by atoms with Gasteiger partial charge in [0.2, 0.25) is 0 Å². The van der Waals surface area contributed by atoms with Crippen molar-refractivity contribution in [3.63, 3.8) is 0 Å². The van der Waals surface area contributed by atoms with Crippen LogP contribution < -0.4 is 14.9 Å². The summed E-state index contributed by atoms with van der Waals surface area (Å²) < 4.78 is 11.5. The van der Waals surface area contributed by atoms with Crippen molar-refractivity contribution in [1.82, 2.24) is 0 Å². The molecule has 0 saturated heterocycles. The third-order valence-electron chi connectivity index (χ3n) is 3.45. The highest BCUT2D eigenvalue weighted by atomic mass is 16.5. The van der Waals surface area contributed by atoms with Gasteiger partial charge in [-0.25, -0.2) is 0 Å². The number of anilines is 1. The molecule has 24 heavy (non-hydrogen) atoms. The van der Waals surface area contributed by atoms with E-state index in [9.17, 15) is 0 Å². The van der Waals surface area contributed by atoms with E-state index < -0.39 is 0 Å². The topological polar surface area (TPSA) is 42.8 Å². The Labute approximate surface area is 144 Å². The molecule has 0 atom stereocenters. The second-order valence-electron chi connectivity index (χ2n) is 5.43. The maximum atomic E-state index is 5.84. The van der Waals surface area contributed by atoms with Crippen molar-refractivity contribution in [3.8, 4) is 11.5 Å². The smallest absolute Gasteiger partial charge is 0.161 e. The van der Waals surface area contributed by atoms with E-state index in [1.54, 1.807) is 6.21 Å². The fraction of sp³-hybridized carbons (Fsp3) is 0.350. The molecule has 4 nitrogen and oxygen atoms in total. The van der Waals surface area contributed by atoms with Crippen molar-refractivity contribution in [2.24, 2.45) is 5.10 Å². The predicted molar refractivity (Wildman–Crippen MR) is 100 cm³/mol. The SMILES string of the molecule is CCCCCOc1ccc(/C=N/Nc2ccccc2)cc1OCC. The van der Waals surface area contributed by atoms with Crippen LogP contribution >= 0.6 is 0 Å². The zero-order valence-corrected chi connectivity index (χ0v) is 14.5. The number of benzene rings is 2. The van der Waals surface area contributed by atoms with Crippen LogP contribution in [0.5, 0.6) is 11.5 Å². The molecule has 0 aliphatic heterocycles. The van der Waals surface area contributed by atoms with Gasteiger partial charge in [-0.05, 0) is 49.2 Å². The van der Waals surface area contributed by atoms with E-state index in [0.717, 1.165) is 35.8 Å². The van der Waals surface area contributed by atoms with Gasteiger partial charge in [0.15, 0.2) is 11.5 Å². The van der Waals surface area contributed by atoms with Gasteiger partial charge in [0.05, 0.1) is 25.1 Å². The van der Waals surface area contributed by atoms with Gasteiger partial charge in [-0.1, -0.05) is 38.0 Å². The lowest BCUT2D eigenvalue weighted by atomic mass is 10.2. The lowest BCUT2D eigenvalue weighted by molar-refractivity contribution is 0.271. The first-order valence-electron chi connectivity index (χ1n) is 8.57. The molecular weight excluding hydrogens is 300 g/mol. The highest BCUT2D eigenvalue weighted by Crippen LogP contribution is 2.28. The molecule has 2 aromatic rings. The molecule has 4 heteroatoms. The first-order chi connectivity index (χ1) is 11.8. The van der Waals surface area contributed by atoms with E-state index in [1.807, 2.05) is 55.5 Å². The summed E-state index contributed by atoms with van der Waals surface area (Å²) in [6.07, 6.45) is 5.20. The fourth-order valence-electron chi connectivity index (χ4n) is 2.22. The molecule has 2 rings (SSSR count). The Balaban J connectivity index is 1.98. The molecule has 0 unspecified atom stereocenters. The van der Waals surface area contributed by atoms with Crippen LogP contribution in [0.25, 0.3) is 0 Å². The minimum atomic E-state index is 0.605. The van der Waals surface area contributed by atoms with E-state index in [4.69, 9.17) is 9.47 Å². The van der Waals surface area contributed by atoms with Crippen molar-refractivity contribution in [3.05, 3.63) is 54.1 Å². The van der Waals surface area contributed by atoms with Crippen molar-refractivity contribution in [2.75, 3.05) is 18.6 Å². The summed E-state index contributed by atoms with van der Waals surface area (Å²) in [5.74, 6) is 1.55. The van der Waals surface area contributed by atoms with Crippen molar-refractivity contribution >= 4 is 11.9 Å². The van der Waals surface area contributed by atoms with Crippen LogP contribution in [-0.4, -0.2) is 19.4 Å². The lowest BCUT2D eigenvalue weighted by Gasteiger charge is -2.12. The van der Waals surface area contributed by atoms with Crippen LogP contribution in [0.2, 0.25) is 0 Å². The Morgan fingerprint density at radius 3 is 2.54 bits per heavy atom. The summed E-state index contributed by atoms with van der Waals surface area (Å²) in [6, 6.07) is 15.7. The number of rotatable bonds is 10. The van der Waals surface area contributed by atoms with Gasteiger partial charge < -0.3 is 9.47 Å². The summed E-state index contributed by atoms with van der Waals surface area (Å²) in [5.41, 5.74) is 4.92. The number of unbranched alkanes of at least 4 members (excludes halogenated alkanes) is 2. The number of hydrazone groups is 1. The molecule has 0 aromatic heterocycles. The second kappa shape index (κ2) is 10.3. The summed E-state index contributed by atoms with van der Waals surface area (Å²) in [5, 5.41) is 4.26. The molecule has 0 aliphatic rings. The standard InChI is InChI=1S/C20H26N2O2/c1-3-5-9-14-24-19-13-12-17(15-20(19)23-4-2)16-21-22-18-10-7-6-8-11-18/h6-8,10-13,15-16,22H,3-5,9,14H2,1-2H3/b21-16+. The third kappa shape index (κ3) is 5.95. The van der Waals surface area contributed by atoms with Gasteiger partial charge in [0, 0.05) is 0 Å². The van der Waals surface area contributed by atoms with E-state index in [-0.39, 0.29) is 0 Å². The number of para-hydroxylation sites is 1. The Bertz CT molecular complexity index is 627. The van der Waals surface area contributed by atoms with Gasteiger partial charge in [-0.15, -0.1) is 0 Å². The number of nitrogens with zero attached hydrogens (tertiary/aromatic N) is 1. The van der Waals surface area contributed by atoms with Crippen LogP contribution in [0.4, 0.5) is 5.69 Å². The number of hydrogen-bond donors (Lipinski definition) is 1. The van der Waals surface area contributed by atoms with Crippen molar-refractivity contribution in [2.45, 2.75) is 33.1 Å². The van der Waals surface area contributed by atoms with Crippen LogP contribution in [-0.2, 0) is 0 Å². The molecule has 0 spiro atoms. The Morgan fingerprint density at radius 1 is 0.958 bits per heavy atom. The molecule has 0 heterocycles. The molecular formula is C20H26N2O2. The molecule has 128 valence electrons. The molecule has 0 aliphatic carbocycles. The van der Waals surface area contributed by atoms with Crippen LogP contribution in [0.15, 0.2) is 53.6 Å². The molecule has 0 fully saturated rings. The van der Waals surface area contributed by atoms with Crippen LogP contribution in [0.1, 0.15) is 38.7 Å². The zero-order chi connectivity index (χ0) is 17.0. The van der Waals surface area contributed by atoms with Gasteiger partial charge in [-0.2, -0.15) is 5.10 Å². The van der Waals surface area contributed by atoms with Gasteiger partial charge in [0.25, 0.3) is 0 Å². The minimum Gasteiger partial charge on any atom is -0.490 e. The van der Waals surface area contributed by atoms with E-state index in [1.165, 1.54) is 12.8 Å². The van der Waals surface area contributed by atoms with E-state index >= 15 is 0 Å². The van der Waals surface area contributed by atoms with Gasteiger partial charge in [0.1, 0.15) is 0 Å². The first-order valence-corrected chi connectivity index (χ1v) is 8.57. The first kappa shape index (κ1) is 17.9. The zero-order valence-electron chi connectivity index (χ0n) is 14.5. The normalized spacial score (nSPS) is 10.8. The maximum absolute atomic E-state index is 5.84. The quantitative estimate of drug-likeness (QED) is 0.375. The summed E-state index contributed by atoms with van der Waals surface area (Å²) in [6.45, 7) is 5.48. The van der Waals surface area contributed by atoms with Crippen LogP contribution in [0.3, 0.4) is 0 Å². The minimum absolute atomic E-state index is 0.605. The fourth-order valence-corrected chi connectivity index (χ4v) is 2.22. The Hall–Kier alpha value is -2.49. The van der Waals surface area contributed by atoms with E-state index in [2.05, 4.69) is 17.5 Å². The monoisotopic (exact) mass is 326 g/mol. The summed E-state index contributed by atoms with van der Waals surface area (Å²) in [4.78, 5) is 0. The van der Waals surface area contributed by atoms with Gasteiger partial charge in [-0.3, -0.25) is 5.43 Å². The van der Waals surface area contributed by atoms with E-state index in [0.29, 0.717) is 6.61 Å². The largest absolute Gasteiger partial charge is 0.490 e. The van der Waals surface area contributed by atoms with Crippen LogP contribution in [0, 0.1) is 0 Å². The predicted octanol–water partition coefficient (Wildman–Crippen LogP) is 5.10. The Morgan fingerprint density at radius 2 is 1.79 bits per heavy atom. The Kier molecular flexibility index (Phi) is 7.68. The average Bonchev–Trinajstić information content (AvgIpc) is 2.61. The molecule has 0 saturated carbocycles. The maximum Gasteiger partial charge on any atom is 0.161 e. The highest BCUT2D eigenvalue weighted by Gasteiger charge is 2.05. The molecule has 0 bridgehead atoms. The molecule has 2 aromatic carbocycles. The molecule has 0 radical (unpaired) electrons. The third-order valence-corrected chi connectivity index (χ3v) is 3.45. The van der Waals surface area contributed by atoms with Crippen molar-refractivity contribution in [1.29, 1.82) is 0 Å². The average molecular weight is 326 g/mol. The highest BCUT2D eigenvalue weighted by molar-refractivity contribution is 5.81. The van der Waals surface area contributed by atoms with Crippen molar-refractivity contribution < 1.29 is 9.47 Å². The van der Waals surface area contributed by atoms with Gasteiger partial charge >= 0.3 is 0 Å². The summed E-state index contributed by atoms with van der Waals surface area (Å²) in [7, 11) is 0. The molecule has 1 N–H and O–H groups in total. The molecule has 0 amide bonds. The summed E-state index contributed by atoms with van der Waals surface area (Å²) >= 11 is 0. The number of hydrogen-bond acceptors (Lipinski definition) is 4. The lowest BCUT2D eigenvalue weighted by Crippen LogP contribution is -2.01.